The molecule has 1 unspecified atom stereocenters. The Hall–Kier alpha value is -1.76. The lowest BCUT2D eigenvalue weighted by atomic mass is 10.3. The number of nitrogens with zero attached hydrogens (tertiary/aromatic N) is 2. The largest absolute Gasteiger partial charge is 0.461 e. The van der Waals surface area contributed by atoms with Crippen molar-refractivity contribution in [2.45, 2.75) is 38.7 Å². The van der Waals surface area contributed by atoms with Crippen molar-refractivity contribution in [3.8, 4) is 18.2 Å². The number of anilines is 1. The van der Waals surface area contributed by atoms with E-state index in [1.165, 1.54) is 12.8 Å². The quantitative estimate of drug-likeness (QED) is 0.789. The zero-order valence-electron chi connectivity index (χ0n) is 10.2. The number of hydrogen-bond donors (Lipinski definition) is 1. The van der Waals surface area contributed by atoms with Gasteiger partial charge in [0.1, 0.15) is 11.6 Å². The molecule has 1 aliphatic carbocycles. The highest BCUT2D eigenvalue weighted by atomic mass is 16.5. The molecule has 1 atom stereocenters. The number of terminal acetylenes is 1. The van der Waals surface area contributed by atoms with E-state index in [2.05, 4.69) is 21.2 Å². The van der Waals surface area contributed by atoms with Crippen LogP contribution in [-0.4, -0.2) is 22.6 Å². The molecule has 0 aliphatic heterocycles. The van der Waals surface area contributed by atoms with Gasteiger partial charge >= 0.3 is 0 Å². The van der Waals surface area contributed by atoms with Gasteiger partial charge in [-0.3, -0.25) is 0 Å². The SMILES string of the molecule is C#CC(C)Oc1cc(NCC)nc(C2CC2)n1. The highest BCUT2D eigenvalue weighted by molar-refractivity contribution is 5.39. The lowest BCUT2D eigenvalue weighted by Gasteiger charge is -2.11. The summed E-state index contributed by atoms with van der Waals surface area (Å²) in [6.07, 6.45) is 7.35. The van der Waals surface area contributed by atoms with E-state index in [-0.39, 0.29) is 6.10 Å². The molecule has 4 heteroatoms. The molecular weight excluding hydrogens is 214 g/mol. The summed E-state index contributed by atoms with van der Waals surface area (Å²) in [6, 6.07) is 1.79. The standard InChI is InChI=1S/C13H17N3O/c1-4-9(3)17-12-8-11(14-5-2)15-13(16-12)10-6-7-10/h1,8-10H,5-7H2,2-3H3,(H,14,15,16). The average molecular weight is 231 g/mol. The number of hydrogen-bond acceptors (Lipinski definition) is 4. The maximum Gasteiger partial charge on any atom is 0.219 e. The molecular formula is C13H17N3O. The van der Waals surface area contributed by atoms with Crippen molar-refractivity contribution in [1.82, 2.24) is 9.97 Å². The van der Waals surface area contributed by atoms with E-state index in [0.29, 0.717) is 11.8 Å². The zero-order valence-corrected chi connectivity index (χ0v) is 10.2. The fourth-order valence-electron chi connectivity index (χ4n) is 1.51. The van der Waals surface area contributed by atoms with Crippen molar-refractivity contribution in [3.05, 3.63) is 11.9 Å². The van der Waals surface area contributed by atoms with E-state index in [4.69, 9.17) is 11.2 Å². The van der Waals surface area contributed by atoms with Gasteiger partial charge in [-0.1, -0.05) is 5.92 Å². The molecule has 0 amide bonds. The van der Waals surface area contributed by atoms with E-state index in [0.717, 1.165) is 18.2 Å². The summed E-state index contributed by atoms with van der Waals surface area (Å²) in [5.74, 6) is 5.25. The zero-order chi connectivity index (χ0) is 12.3. The summed E-state index contributed by atoms with van der Waals surface area (Å²) < 4.78 is 5.54. The van der Waals surface area contributed by atoms with Gasteiger partial charge in [0, 0.05) is 18.5 Å². The number of aromatic nitrogens is 2. The van der Waals surface area contributed by atoms with Crippen LogP contribution in [-0.2, 0) is 0 Å². The Morgan fingerprint density at radius 3 is 2.94 bits per heavy atom. The summed E-state index contributed by atoms with van der Waals surface area (Å²) in [4.78, 5) is 8.86. The van der Waals surface area contributed by atoms with Crippen LogP contribution in [0.15, 0.2) is 6.07 Å². The third-order valence-electron chi connectivity index (χ3n) is 2.55. The molecule has 1 fully saturated rings. The van der Waals surface area contributed by atoms with Gasteiger partial charge in [0.15, 0.2) is 6.10 Å². The Kier molecular flexibility index (Phi) is 3.48. The van der Waals surface area contributed by atoms with Gasteiger partial charge in [0.2, 0.25) is 5.88 Å². The Labute approximate surface area is 102 Å². The maximum atomic E-state index is 5.54. The second-order valence-electron chi connectivity index (χ2n) is 4.18. The molecule has 0 saturated heterocycles. The van der Waals surface area contributed by atoms with Gasteiger partial charge < -0.3 is 10.1 Å². The third kappa shape index (κ3) is 3.10. The van der Waals surface area contributed by atoms with E-state index in [1.54, 1.807) is 6.07 Å². The number of ether oxygens (including phenoxy) is 1. The lowest BCUT2D eigenvalue weighted by molar-refractivity contribution is 0.266. The predicted octanol–water partition coefficient (Wildman–Crippen LogP) is 2.19. The highest BCUT2D eigenvalue weighted by Crippen LogP contribution is 2.39. The summed E-state index contributed by atoms with van der Waals surface area (Å²) in [7, 11) is 0. The molecule has 0 aromatic carbocycles. The average Bonchev–Trinajstić information content (AvgIpc) is 3.12. The molecule has 1 aromatic rings. The Balaban J connectivity index is 2.21. The topological polar surface area (TPSA) is 47.0 Å². The lowest BCUT2D eigenvalue weighted by Crippen LogP contribution is -2.11. The molecule has 1 heterocycles. The van der Waals surface area contributed by atoms with Crippen LogP contribution in [0.5, 0.6) is 5.88 Å². The van der Waals surface area contributed by atoms with E-state index in [1.807, 2.05) is 13.8 Å². The number of nitrogens with one attached hydrogen (secondary N) is 1. The van der Waals surface area contributed by atoms with E-state index in [9.17, 15) is 0 Å². The summed E-state index contributed by atoms with van der Waals surface area (Å²) >= 11 is 0. The summed E-state index contributed by atoms with van der Waals surface area (Å²) in [5, 5.41) is 3.18. The van der Waals surface area contributed by atoms with Crippen molar-refractivity contribution < 1.29 is 4.74 Å². The minimum absolute atomic E-state index is 0.272. The second-order valence-corrected chi connectivity index (χ2v) is 4.18. The Bertz CT molecular complexity index is 435. The van der Waals surface area contributed by atoms with Crippen LogP contribution in [0, 0.1) is 12.3 Å². The van der Waals surface area contributed by atoms with Gasteiger partial charge in [-0.05, 0) is 26.7 Å². The Morgan fingerprint density at radius 2 is 2.35 bits per heavy atom. The van der Waals surface area contributed by atoms with Crippen molar-refractivity contribution in [2.24, 2.45) is 0 Å². The Morgan fingerprint density at radius 1 is 1.59 bits per heavy atom. The summed E-state index contributed by atoms with van der Waals surface area (Å²) in [5.41, 5.74) is 0. The van der Waals surface area contributed by atoms with Crippen molar-refractivity contribution in [1.29, 1.82) is 0 Å². The molecule has 1 saturated carbocycles. The normalized spacial score (nSPS) is 16.1. The fraction of sp³-hybridized carbons (Fsp3) is 0.538. The molecule has 0 spiro atoms. The first-order chi connectivity index (χ1) is 8.22. The molecule has 0 radical (unpaired) electrons. The third-order valence-corrected chi connectivity index (χ3v) is 2.55. The van der Waals surface area contributed by atoms with Crippen molar-refractivity contribution in [2.75, 3.05) is 11.9 Å². The predicted molar refractivity (Wildman–Crippen MR) is 67.1 cm³/mol. The molecule has 1 aromatic heterocycles. The van der Waals surface area contributed by atoms with Crippen LogP contribution < -0.4 is 10.1 Å². The molecule has 1 aliphatic rings. The monoisotopic (exact) mass is 231 g/mol. The second kappa shape index (κ2) is 5.05. The molecule has 2 rings (SSSR count). The van der Waals surface area contributed by atoms with Crippen LogP contribution in [0.4, 0.5) is 5.82 Å². The molecule has 17 heavy (non-hydrogen) atoms. The first kappa shape index (κ1) is 11.7. The molecule has 0 bridgehead atoms. The summed E-state index contributed by atoms with van der Waals surface area (Å²) in [6.45, 7) is 4.68. The van der Waals surface area contributed by atoms with Crippen LogP contribution in [0.1, 0.15) is 38.4 Å². The fourth-order valence-corrected chi connectivity index (χ4v) is 1.51. The van der Waals surface area contributed by atoms with Crippen LogP contribution in [0.3, 0.4) is 0 Å². The van der Waals surface area contributed by atoms with Crippen molar-refractivity contribution >= 4 is 5.82 Å². The van der Waals surface area contributed by atoms with Crippen LogP contribution in [0.2, 0.25) is 0 Å². The first-order valence-corrected chi connectivity index (χ1v) is 5.98. The maximum absolute atomic E-state index is 5.54. The van der Waals surface area contributed by atoms with Crippen LogP contribution >= 0.6 is 0 Å². The van der Waals surface area contributed by atoms with Crippen molar-refractivity contribution in [3.63, 3.8) is 0 Å². The van der Waals surface area contributed by atoms with E-state index >= 15 is 0 Å². The first-order valence-electron chi connectivity index (χ1n) is 5.98. The van der Waals surface area contributed by atoms with E-state index < -0.39 is 0 Å². The van der Waals surface area contributed by atoms with Gasteiger partial charge in [0.25, 0.3) is 0 Å². The molecule has 90 valence electrons. The van der Waals surface area contributed by atoms with Gasteiger partial charge in [-0.25, -0.2) is 4.98 Å². The number of rotatable bonds is 5. The molecule has 4 nitrogen and oxygen atoms in total. The minimum Gasteiger partial charge on any atom is -0.461 e. The van der Waals surface area contributed by atoms with Gasteiger partial charge in [0.05, 0.1) is 0 Å². The minimum atomic E-state index is -0.272. The van der Waals surface area contributed by atoms with Crippen LogP contribution in [0.25, 0.3) is 0 Å². The van der Waals surface area contributed by atoms with Gasteiger partial charge in [-0.15, -0.1) is 6.42 Å². The highest BCUT2D eigenvalue weighted by Gasteiger charge is 2.27. The smallest absolute Gasteiger partial charge is 0.219 e. The van der Waals surface area contributed by atoms with Gasteiger partial charge in [-0.2, -0.15) is 4.98 Å². The molecule has 1 N–H and O–H groups in total.